The lowest BCUT2D eigenvalue weighted by molar-refractivity contribution is -0.123. The molecule has 1 aromatic rings. The summed E-state index contributed by atoms with van der Waals surface area (Å²) in [7, 11) is 0. The second-order valence-corrected chi connectivity index (χ2v) is 6.50. The van der Waals surface area contributed by atoms with Gasteiger partial charge in [-0.3, -0.25) is 9.69 Å². The highest BCUT2D eigenvalue weighted by molar-refractivity contribution is 8.26. The zero-order valence-corrected chi connectivity index (χ0v) is 13.0. The molecule has 1 aromatic heterocycles. The van der Waals surface area contributed by atoms with Crippen LogP contribution in [0.3, 0.4) is 0 Å². The van der Waals surface area contributed by atoms with E-state index in [4.69, 9.17) is 21.4 Å². The number of thiocarbonyl (C=S) groups is 1. The first kappa shape index (κ1) is 14.6. The van der Waals surface area contributed by atoms with Crippen molar-refractivity contribution < 1.29 is 13.9 Å². The fourth-order valence-corrected chi connectivity index (χ4v) is 3.51. The van der Waals surface area contributed by atoms with Gasteiger partial charge in [0.25, 0.3) is 5.91 Å². The molecular weight excluding hydrogens is 306 g/mol. The van der Waals surface area contributed by atoms with Gasteiger partial charge in [0.15, 0.2) is 0 Å². The molecule has 110 valence electrons. The minimum atomic E-state index is -0.0374. The van der Waals surface area contributed by atoms with Crippen LogP contribution in [0.15, 0.2) is 39.9 Å². The van der Waals surface area contributed by atoms with Crippen molar-refractivity contribution in [3.8, 4) is 0 Å². The molecule has 6 heteroatoms. The van der Waals surface area contributed by atoms with Gasteiger partial charge in [0.2, 0.25) is 0 Å². The van der Waals surface area contributed by atoms with Crippen LogP contribution in [0.2, 0.25) is 0 Å². The van der Waals surface area contributed by atoms with Crippen molar-refractivity contribution in [1.29, 1.82) is 0 Å². The summed E-state index contributed by atoms with van der Waals surface area (Å²) in [5.74, 6) is 0.714. The molecule has 2 aliphatic heterocycles. The normalized spacial score (nSPS) is 24.9. The van der Waals surface area contributed by atoms with Gasteiger partial charge in [-0.1, -0.05) is 30.1 Å². The van der Waals surface area contributed by atoms with Crippen molar-refractivity contribution in [3.05, 3.63) is 41.2 Å². The maximum absolute atomic E-state index is 12.3. The predicted octanol–water partition coefficient (Wildman–Crippen LogP) is 3.22. The van der Waals surface area contributed by atoms with Gasteiger partial charge in [-0.15, -0.1) is 0 Å². The molecule has 0 radical (unpaired) electrons. The average Bonchev–Trinajstić information content (AvgIpc) is 3.19. The Kier molecular flexibility index (Phi) is 4.57. The summed E-state index contributed by atoms with van der Waals surface area (Å²) in [5, 5.41) is 0. The van der Waals surface area contributed by atoms with Crippen LogP contribution in [0.5, 0.6) is 0 Å². The van der Waals surface area contributed by atoms with Gasteiger partial charge in [-0.2, -0.15) is 0 Å². The second kappa shape index (κ2) is 6.60. The Hall–Kier alpha value is -1.37. The standard InChI is InChI=1S/C15H15NO3S2/c17-14-13(7-1-4-11-5-2-8-18-11)21-15(20)16(14)10-12-6-3-9-19-12/h1-2,4-5,7-8,12H,3,6,9-10H2/b4-1+,13-7-/t12-/m1/s1. The van der Waals surface area contributed by atoms with Crippen molar-refractivity contribution in [1.82, 2.24) is 4.90 Å². The SMILES string of the molecule is O=C1/C(=C/C=C/c2ccco2)SC(=S)N1C[C@H]1CCCO1. The van der Waals surface area contributed by atoms with Gasteiger partial charge >= 0.3 is 0 Å². The zero-order valence-electron chi connectivity index (χ0n) is 11.4. The fraction of sp³-hybridized carbons (Fsp3) is 0.333. The van der Waals surface area contributed by atoms with Crippen LogP contribution < -0.4 is 0 Å². The lowest BCUT2D eigenvalue weighted by Gasteiger charge is -2.18. The van der Waals surface area contributed by atoms with Crippen molar-refractivity contribution in [2.24, 2.45) is 0 Å². The molecule has 4 nitrogen and oxygen atoms in total. The number of amides is 1. The predicted molar refractivity (Wildman–Crippen MR) is 86.7 cm³/mol. The van der Waals surface area contributed by atoms with Crippen molar-refractivity contribution in [2.75, 3.05) is 13.2 Å². The van der Waals surface area contributed by atoms with E-state index in [0.29, 0.717) is 15.8 Å². The van der Waals surface area contributed by atoms with E-state index >= 15 is 0 Å². The maximum atomic E-state index is 12.3. The van der Waals surface area contributed by atoms with Crippen LogP contribution in [0.4, 0.5) is 0 Å². The van der Waals surface area contributed by atoms with Crippen LogP contribution >= 0.6 is 24.0 Å². The van der Waals surface area contributed by atoms with Gasteiger partial charge in [0, 0.05) is 6.61 Å². The Labute approximate surface area is 132 Å². The summed E-state index contributed by atoms with van der Waals surface area (Å²) in [6.07, 6.45) is 9.17. The molecule has 3 heterocycles. The van der Waals surface area contributed by atoms with E-state index in [-0.39, 0.29) is 12.0 Å². The highest BCUT2D eigenvalue weighted by atomic mass is 32.2. The summed E-state index contributed by atoms with van der Waals surface area (Å²) >= 11 is 6.62. The van der Waals surface area contributed by atoms with Gasteiger partial charge in [-0.05, 0) is 37.1 Å². The topological polar surface area (TPSA) is 42.7 Å². The molecule has 0 bridgehead atoms. The molecular formula is C15H15NO3S2. The third-order valence-corrected chi connectivity index (χ3v) is 4.73. The first-order chi connectivity index (χ1) is 10.2. The number of hydrogen-bond donors (Lipinski definition) is 0. The van der Waals surface area contributed by atoms with E-state index in [1.165, 1.54) is 11.8 Å². The first-order valence-corrected chi connectivity index (χ1v) is 8.03. The quantitative estimate of drug-likeness (QED) is 0.629. The molecule has 1 atom stereocenters. The highest BCUT2D eigenvalue weighted by Crippen LogP contribution is 2.32. The van der Waals surface area contributed by atoms with E-state index in [2.05, 4.69) is 0 Å². The lowest BCUT2D eigenvalue weighted by Crippen LogP contribution is -2.35. The Morgan fingerprint density at radius 1 is 1.52 bits per heavy atom. The Bertz CT molecular complexity index is 586. The molecule has 0 unspecified atom stereocenters. The van der Waals surface area contributed by atoms with Crippen molar-refractivity contribution in [3.63, 3.8) is 0 Å². The maximum Gasteiger partial charge on any atom is 0.266 e. The summed E-state index contributed by atoms with van der Waals surface area (Å²) in [5.41, 5.74) is 0. The third-order valence-electron chi connectivity index (χ3n) is 3.34. The summed E-state index contributed by atoms with van der Waals surface area (Å²) < 4.78 is 11.4. The van der Waals surface area contributed by atoms with E-state index < -0.39 is 0 Å². The number of hydrogen-bond acceptors (Lipinski definition) is 5. The number of nitrogens with zero attached hydrogens (tertiary/aromatic N) is 1. The molecule has 0 spiro atoms. The summed E-state index contributed by atoms with van der Waals surface area (Å²) in [6.45, 7) is 1.34. The monoisotopic (exact) mass is 321 g/mol. The summed E-state index contributed by atoms with van der Waals surface area (Å²) in [6, 6.07) is 3.67. The summed E-state index contributed by atoms with van der Waals surface area (Å²) in [4.78, 5) is 14.6. The Morgan fingerprint density at radius 2 is 2.43 bits per heavy atom. The zero-order chi connectivity index (χ0) is 14.7. The Balaban J connectivity index is 1.64. The van der Waals surface area contributed by atoms with E-state index in [1.54, 1.807) is 23.3 Å². The van der Waals surface area contributed by atoms with Gasteiger partial charge in [0.05, 0.1) is 23.8 Å². The van der Waals surface area contributed by atoms with Crippen LogP contribution in [0.25, 0.3) is 6.08 Å². The molecule has 0 saturated carbocycles. The fourth-order valence-electron chi connectivity index (χ4n) is 2.28. The molecule has 3 rings (SSSR count). The molecule has 0 N–H and O–H groups in total. The number of rotatable bonds is 4. The number of carbonyl (C=O) groups excluding carboxylic acids is 1. The van der Waals surface area contributed by atoms with Crippen LogP contribution in [0.1, 0.15) is 18.6 Å². The largest absolute Gasteiger partial charge is 0.465 e. The lowest BCUT2D eigenvalue weighted by atomic mass is 10.2. The number of ether oxygens (including phenoxy) is 1. The van der Waals surface area contributed by atoms with E-state index in [0.717, 1.165) is 25.2 Å². The minimum Gasteiger partial charge on any atom is -0.465 e. The van der Waals surface area contributed by atoms with E-state index in [9.17, 15) is 4.79 Å². The average molecular weight is 321 g/mol. The van der Waals surface area contributed by atoms with Crippen LogP contribution in [0, 0.1) is 0 Å². The molecule has 2 aliphatic rings. The van der Waals surface area contributed by atoms with Gasteiger partial charge < -0.3 is 9.15 Å². The van der Waals surface area contributed by atoms with Crippen LogP contribution in [-0.2, 0) is 9.53 Å². The Morgan fingerprint density at radius 3 is 3.14 bits per heavy atom. The van der Waals surface area contributed by atoms with Gasteiger partial charge in [0.1, 0.15) is 10.1 Å². The number of furan rings is 1. The molecule has 1 amide bonds. The van der Waals surface area contributed by atoms with E-state index in [1.807, 2.05) is 18.2 Å². The van der Waals surface area contributed by atoms with Crippen molar-refractivity contribution >= 4 is 40.3 Å². The third kappa shape index (κ3) is 3.45. The highest BCUT2D eigenvalue weighted by Gasteiger charge is 2.34. The minimum absolute atomic E-state index is 0.0374. The number of carbonyl (C=O) groups is 1. The molecule has 21 heavy (non-hydrogen) atoms. The molecule has 2 fully saturated rings. The van der Waals surface area contributed by atoms with Gasteiger partial charge in [-0.25, -0.2) is 0 Å². The van der Waals surface area contributed by atoms with Crippen LogP contribution in [-0.4, -0.2) is 34.4 Å². The second-order valence-electron chi connectivity index (χ2n) is 4.82. The molecule has 0 aromatic carbocycles. The first-order valence-electron chi connectivity index (χ1n) is 6.81. The molecule has 0 aliphatic carbocycles. The number of thioether (sulfide) groups is 1. The van der Waals surface area contributed by atoms with Crippen molar-refractivity contribution in [2.45, 2.75) is 18.9 Å². The molecule has 2 saturated heterocycles. The smallest absolute Gasteiger partial charge is 0.266 e. The number of allylic oxidation sites excluding steroid dienone is 2.